The third-order valence-corrected chi connectivity index (χ3v) is 15.5. The first-order chi connectivity index (χ1) is 32.1. The second-order valence-corrected chi connectivity index (χ2v) is 22.7. The fourth-order valence-electron chi connectivity index (χ4n) is 12.0. The molecule has 3 heteroatoms. The summed E-state index contributed by atoms with van der Waals surface area (Å²) in [6.07, 6.45) is 0. The maximum atomic E-state index is 2.66. The Hall–Kier alpha value is -7.36. The Morgan fingerprint density at radius 3 is 1.39 bits per heavy atom. The highest BCUT2D eigenvalue weighted by Crippen LogP contribution is 2.50. The molecule has 0 bridgehead atoms. The Morgan fingerprint density at radius 1 is 0.299 bits per heavy atom. The highest BCUT2D eigenvalue weighted by molar-refractivity contribution is 6.31. The molecule has 0 fully saturated rings. The molecule has 14 aromatic rings. The number of benzene rings is 9. The van der Waals surface area contributed by atoms with E-state index in [2.05, 4.69) is 233 Å². The van der Waals surface area contributed by atoms with Gasteiger partial charge in [0.05, 0.1) is 44.1 Å². The average molecular weight is 864 g/mol. The van der Waals surface area contributed by atoms with Gasteiger partial charge in [-0.25, -0.2) is 0 Å². The minimum absolute atomic E-state index is 0.0218. The summed E-state index contributed by atoms with van der Waals surface area (Å²) >= 11 is 0. The van der Waals surface area contributed by atoms with Crippen LogP contribution in [0, 0.1) is 0 Å². The van der Waals surface area contributed by atoms with Gasteiger partial charge in [0.2, 0.25) is 0 Å². The van der Waals surface area contributed by atoms with E-state index in [4.69, 9.17) is 0 Å². The number of hydrogen-bond donors (Lipinski definition) is 0. The van der Waals surface area contributed by atoms with E-state index >= 15 is 0 Å². The van der Waals surface area contributed by atoms with Crippen LogP contribution in [0.3, 0.4) is 0 Å². The Morgan fingerprint density at radius 2 is 0.761 bits per heavy atom. The van der Waals surface area contributed by atoms with Gasteiger partial charge in [-0.2, -0.15) is 0 Å². The van der Waals surface area contributed by atoms with Crippen LogP contribution in [0.25, 0.3) is 126 Å². The molecule has 5 heterocycles. The van der Waals surface area contributed by atoms with Gasteiger partial charge in [-0.15, -0.1) is 0 Å². The maximum Gasteiger partial charge on any atom is 0.0620 e. The summed E-state index contributed by atoms with van der Waals surface area (Å²) in [6, 6.07) is 60.7. The number of fused-ring (bicyclic) bond motifs is 17. The molecule has 0 saturated carbocycles. The van der Waals surface area contributed by atoms with Crippen LogP contribution in [0.4, 0.5) is 0 Å². The first kappa shape index (κ1) is 38.9. The first-order valence-corrected chi connectivity index (χ1v) is 24.1. The SMILES string of the molecule is CC(C)(C)c1cc(-c2ccc3c(c2)c2ccccc2n3-c2ccccc2)c2c(c1)c1cc(C(C)(C)C)cc3c4cc5c(cc4n2c31)c1cc(C(C)(C)C)cc2c3ccc4ccccc4c3n5c12. The minimum atomic E-state index is -0.0675. The molecule has 0 spiro atoms. The number of hydrogen-bond acceptors (Lipinski definition) is 0. The lowest BCUT2D eigenvalue weighted by atomic mass is 9.83. The quantitative estimate of drug-likeness (QED) is 0.164. The summed E-state index contributed by atoms with van der Waals surface area (Å²) in [7, 11) is 0. The molecular formula is C64H53N3. The van der Waals surface area contributed by atoms with Crippen molar-refractivity contribution in [3.63, 3.8) is 0 Å². The number of aromatic nitrogens is 3. The molecular weight excluding hydrogens is 811 g/mol. The zero-order valence-electron chi connectivity index (χ0n) is 39.9. The Kier molecular flexibility index (Phi) is 7.39. The van der Waals surface area contributed by atoms with Crippen LogP contribution < -0.4 is 0 Å². The summed E-state index contributed by atoms with van der Waals surface area (Å²) in [6.45, 7) is 21.2. The topological polar surface area (TPSA) is 13.8 Å². The second-order valence-electron chi connectivity index (χ2n) is 22.7. The van der Waals surface area contributed by atoms with Crippen LogP contribution in [0.2, 0.25) is 0 Å². The first-order valence-electron chi connectivity index (χ1n) is 24.1. The molecule has 3 nitrogen and oxygen atoms in total. The van der Waals surface area contributed by atoms with E-state index in [0.717, 1.165) is 0 Å². The summed E-state index contributed by atoms with van der Waals surface area (Å²) in [5, 5.41) is 15.7. The second kappa shape index (κ2) is 12.7. The van der Waals surface area contributed by atoms with Crippen molar-refractivity contribution < 1.29 is 0 Å². The van der Waals surface area contributed by atoms with Gasteiger partial charge in [0, 0.05) is 70.5 Å². The van der Waals surface area contributed by atoms with Gasteiger partial charge >= 0.3 is 0 Å². The Labute approximate surface area is 390 Å². The van der Waals surface area contributed by atoms with Gasteiger partial charge < -0.3 is 13.4 Å². The molecule has 0 atom stereocenters. The van der Waals surface area contributed by atoms with Gasteiger partial charge in [-0.1, -0.05) is 141 Å². The molecule has 0 aliphatic carbocycles. The third-order valence-electron chi connectivity index (χ3n) is 15.5. The maximum absolute atomic E-state index is 2.66. The summed E-state index contributed by atoms with van der Waals surface area (Å²) < 4.78 is 7.70. The lowest BCUT2D eigenvalue weighted by Gasteiger charge is -2.22. The van der Waals surface area contributed by atoms with Crippen LogP contribution in [-0.2, 0) is 16.2 Å². The van der Waals surface area contributed by atoms with Crippen LogP contribution in [0.15, 0.2) is 158 Å². The van der Waals surface area contributed by atoms with E-state index in [0.29, 0.717) is 0 Å². The Balaban J connectivity index is 1.17. The van der Waals surface area contributed by atoms with E-state index < -0.39 is 0 Å². The smallest absolute Gasteiger partial charge is 0.0620 e. The number of para-hydroxylation sites is 2. The number of rotatable bonds is 2. The van der Waals surface area contributed by atoms with E-state index in [9.17, 15) is 0 Å². The lowest BCUT2D eigenvalue weighted by Crippen LogP contribution is -2.11. The summed E-state index contributed by atoms with van der Waals surface area (Å²) in [5.74, 6) is 0. The standard InChI is InChI=1S/C64H53N3/c1-62(2,3)38-28-45(37-24-26-55-46(27-37)43-21-15-16-22-54(43)65(55)41-18-11-10-12-19-41)59-52(32-38)53-33-40(64(7,8)9)31-51-48-34-56-47(35-57(48)67(59)61(51)53)50-30-39(63(4,5)6)29-49-44-25-23-36-17-13-14-20-42(36)58(44)66(56)60(49)50/h10-35H,1-9H3. The molecule has 0 radical (unpaired) electrons. The summed E-state index contributed by atoms with van der Waals surface area (Å²) in [4.78, 5) is 0. The van der Waals surface area contributed by atoms with Gasteiger partial charge in [0.25, 0.3) is 0 Å². The monoisotopic (exact) mass is 863 g/mol. The number of nitrogens with zero attached hydrogens (tertiary/aromatic N) is 3. The Bertz CT molecular complexity index is 4410. The summed E-state index contributed by atoms with van der Waals surface area (Å²) in [5.41, 5.74) is 17.8. The normalized spacial score (nSPS) is 13.4. The van der Waals surface area contributed by atoms with Crippen molar-refractivity contribution in [2.75, 3.05) is 0 Å². The van der Waals surface area contributed by atoms with Gasteiger partial charge in [-0.05, 0) is 123 Å². The molecule has 5 aromatic heterocycles. The molecule has 0 aliphatic rings. The van der Waals surface area contributed by atoms with Crippen molar-refractivity contribution in [1.29, 1.82) is 0 Å². The molecule has 0 N–H and O–H groups in total. The molecule has 67 heavy (non-hydrogen) atoms. The molecule has 9 aromatic carbocycles. The van der Waals surface area contributed by atoms with Crippen LogP contribution in [0.1, 0.15) is 79.0 Å². The molecule has 0 aliphatic heterocycles. The largest absolute Gasteiger partial charge is 0.309 e. The van der Waals surface area contributed by atoms with Crippen molar-refractivity contribution in [2.24, 2.45) is 0 Å². The minimum Gasteiger partial charge on any atom is -0.309 e. The van der Waals surface area contributed by atoms with Crippen molar-refractivity contribution in [2.45, 2.75) is 78.6 Å². The van der Waals surface area contributed by atoms with Crippen LogP contribution in [-0.4, -0.2) is 13.4 Å². The molecule has 0 unspecified atom stereocenters. The predicted octanol–water partition coefficient (Wildman–Crippen LogP) is 17.8. The van der Waals surface area contributed by atoms with E-state index in [1.165, 1.54) is 142 Å². The zero-order chi connectivity index (χ0) is 45.6. The average Bonchev–Trinajstić information content (AvgIpc) is 4.10. The molecule has 14 rings (SSSR count). The van der Waals surface area contributed by atoms with E-state index in [1.54, 1.807) is 0 Å². The van der Waals surface area contributed by atoms with Crippen molar-refractivity contribution >= 4 is 109 Å². The van der Waals surface area contributed by atoms with Gasteiger partial charge in [0.15, 0.2) is 0 Å². The third kappa shape index (κ3) is 5.18. The molecule has 0 saturated heterocycles. The van der Waals surface area contributed by atoms with E-state index in [-0.39, 0.29) is 16.2 Å². The molecule has 0 amide bonds. The zero-order valence-corrected chi connectivity index (χ0v) is 39.9. The van der Waals surface area contributed by atoms with E-state index in [1.807, 2.05) is 0 Å². The lowest BCUT2D eigenvalue weighted by molar-refractivity contribution is 0.591. The fraction of sp³-hybridized carbons (Fsp3) is 0.188. The van der Waals surface area contributed by atoms with Gasteiger partial charge in [0.1, 0.15) is 0 Å². The van der Waals surface area contributed by atoms with Crippen LogP contribution in [0.5, 0.6) is 0 Å². The van der Waals surface area contributed by atoms with Crippen molar-refractivity contribution in [3.8, 4) is 16.8 Å². The highest BCUT2D eigenvalue weighted by Gasteiger charge is 2.29. The highest BCUT2D eigenvalue weighted by atomic mass is 15.0. The fourth-order valence-corrected chi connectivity index (χ4v) is 12.0. The predicted molar refractivity (Wildman–Crippen MR) is 289 cm³/mol. The van der Waals surface area contributed by atoms with Crippen molar-refractivity contribution in [1.82, 2.24) is 13.4 Å². The molecule has 324 valence electrons. The van der Waals surface area contributed by atoms with Crippen LogP contribution >= 0.6 is 0 Å². The van der Waals surface area contributed by atoms with Gasteiger partial charge in [-0.3, -0.25) is 0 Å². The van der Waals surface area contributed by atoms with Crippen molar-refractivity contribution in [3.05, 3.63) is 174 Å².